The summed E-state index contributed by atoms with van der Waals surface area (Å²) in [4.78, 5) is 56.9. The molecule has 2 fully saturated rings. The number of imide groups is 2. The molecule has 2 aromatic carbocycles. The number of halogens is 1. The molecular formula is C30H29ClN4O5. The lowest BCUT2D eigenvalue weighted by molar-refractivity contribution is -0.144. The summed E-state index contributed by atoms with van der Waals surface area (Å²) in [5.41, 5.74) is 0.457. The Morgan fingerprint density at radius 1 is 0.975 bits per heavy atom. The molecule has 2 saturated heterocycles. The summed E-state index contributed by atoms with van der Waals surface area (Å²) < 4.78 is 7.13. The third-order valence-corrected chi connectivity index (χ3v) is 8.49. The Morgan fingerprint density at radius 2 is 1.75 bits per heavy atom. The van der Waals surface area contributed by atoms with E-state index in [2.05, 4.69) is 10.2 Å². The molecule has 9 nitrogen and oxygen atoms in total. The molecule has 0 radical (unpaired) electrons. The van der Waals surface area contributed by atoms with Crippen LogP contribution in [-0.4, -0.2) is 54.1 Å². The number of benzene rings is 2. The zero-order chi connectivity index (χ0) is 28.0. The number of piperidine rings is 1. The molecular weight excluding hydrogens is 532 g/mol. The summed E-state index contributed by atoms with van der Waals surface area (Å²) in [5.74, 6) is -0.245. The fraction of sp³-hybridized carbons (Fsp3) is 0.333. The van der Waals surface area contributed by atoms with E-state index in [1.165, 1.54) is 6.07 Å². The number of carbonyl (C=O) groups excluding carboxylic acids is 3. The number of nitrogens with zero attached hydrogens (tertiary/aromatic N) is 3. The predicted octanol–water partition coefficient (Wildman–Crippen LogP) is 3.44. The van der Waals surface area contributed by atoms with Gasteiger partial charge in [-0.05, 0) is 60.7 Å². The van der Waals surface area contributed by atoms with Crippen molar-refractivity contribution in [3.8, 4) is 5.75 Å². The van der Waals surface area contributed by atoms with Gasteiger partial charge in [0.15, 0.2) is 0 Å². The van der Waals surface area contributed by atoms with Crippen molar-refractivity contribution >= 4 is 35.1 Å². The van der Waals surface area contributed by atoms with Gasteiger partial charge >= 0.3 is 6.03 Å². The zero-order valence-corrected chi connectivity index (χ0v) is 22.8. The molecule has 0 unspecified atom stereocenters. The number of anilines is 1. The highest BCUT2D eigenvalue weighted by atomic mass is 35.5. The van der Waals surface area contributed by atoms with Crippen molar-refractivity contribution in [3.63, 3.8) is 0 Å². The average molecular weight is 561 g/mol. The Morgan fingerprint density at radius 3 is 2.50 bits per heavy atom. The van der Waals surface area contributed by atoms with Crippen molar-refractivity contribution in [1.29, 1.82) is 0 Å². The maximum atomic E-state index is 14.4. The molecule has 40 heavy (non-hydrogen) atoms. The Balaban J connectivity index is 1.38. The van der Waals surface area contributed by atoms with Gasteiger partial charge in [-0.2, -0.15) is 0 Å². The maximum absolute atomic E-state index is 14.4. The minimum atomic E-state index is -1.58. The van der Waals surface area contributed by atoms with Crippen LogP contribution < -0.4 is 20.5 Å². The van der Waals surface area contributed by atoms with E-state index in [0.717, 1.165) is 22.6 Å². The molecule has 4 amide bonds. The first kappa shape index (κ1) is 26.3. The van der Waals surface area contributed by atoms with E-state index in [0.29, 0.717) is 36.1 Å². The van der Waals surface area contributed by atoms with Crippen LogP contribution >= 0.6 is 11.6 Å². The minimum absolute atomic E-state index is 0.00543. The normalized spacial score (nSPS) is 24.4. The molecule has 206 valence electrons. The molecule has 0 spiro atoms. The van der Waals surface area contributed by atoms with E-state index >= 15 is 0 Å². The lowest BCUT2D eigenvalue weighted by atomic mass is 9.75. The molecule has 1 N–H and O–H groups in total. The molecule has 3 aliphatic rings. The molecule has 3 aliphatic heterocycles. The Bertz CT molecular complexity index is 1550. The number of hydrogen-bond donors (Lipinski definition) is 1. The van der Waals surface area contributed by atoms with E-state index in [-0.39, 0.29) is 30.4 Å². The number of methoxy groups -OCH3 is 1. The molecule has 3 atom stereocenters. The van der Waals surface area contributed by atoms with Gasteiger partial charge in [-0.15, -0.1) is 0 Å². The summed E-state index contributed by atoms with van der Waals surface area (Å²) in [6, 6.07) is 18.2. The first-order chi connectivity index (χ1) is 19.3. The summed E-state index contributed by atoms with van der Waals surface area (Å²) in [7, 11) is 1.57. The number of pyridine rings is 1. The fourth-order valence-corrected chi connectivity index (χ4v) is 6.66. The first-order valence-corrected chi connectivity index (χ1v) is 13.7. The molecule has 1 aromatic heterocycles. The first-order valence-electron chi connectivity index (χ1n) is 13.3. The maximum Gasteiger partial charge on any atom is 0.335 e. The van der Waals surface area contributed by atoms with Crippen molar-refractivity contribution in [1.82, 2.24) is 14.8 Å². The summed E-state index contributed by atoms with van der Waals surface area (Å²) >= 11 is 6.20. The van der Waals surface area contributed by atoms with Crippen LogP contribution in [0.3, 0.4) is 0 Å². The van der Waals surface area contributed by atoms with Crippen LogP contribution in [0.5, 0.6) is 5.75 Å². The minimum Gasteiger partial charge on any atom is -0.497 e. The number of barbiturate groups is 1. The fourth-order valence-electron chi connectivity index (χ4n) is 6.48. The Hall–Kier alpha value is -3.95. The number of amides is 4. The van der Waals surface area contributed by atoms with Crippen molar-refractivity contribution < 1.29 is 19.1 Å². The van der Waals surface area contributed by atoms with Gasteiger partial charge in [0.05, 0.1) is 12.8 Å². The van der Waals surface area contributed by atoms with Gasteiger partial charge in [0.25, 0.3) is 11.5 Å². The van der Waals surface area contributed by atoms with Crippen molar-refractivity contribution in [2.75, 3.05) is 31.6 Å². The molecule has 0 saturated carbocycles. The lowest BCUT2D eigenvalue weighted by Crippen LogP contribution is -2.68. The van der Waals surface area contributed by atoms with Crippen LogP contribution in [0.1, 0.15) is 23.6 Å². The Kier molecular flexibility index (Phi) is 6.72. The topological polar surface area (TPSA) is 101 Å². The van der Waals surface area contributed by atoms with Crippen LogP contribution in [0.4, 0.5) is 10.5 Å². The van der Waals surface area contributed by atoms with E-state index in [1.54, 1.807) is 49.6 Å². The van der Waals surface area contributed by atoms with Gasteiger partial charge in [-0.3, -0.25) is 19.7 Å². The second-order valence-electron chi connectivity index (χ2n) is 10.9. The number of carbonyl (C=O) groups is 3. The number of fused-ring (bicyclic) bond motifs is 4. The summed E-state index contributed by atoms with van der Waals surface area (Å²) in [6.07, 6.45) is 1.03. The molecule has 10 heteroatoms. The van der Waals surface area contributed by atoms with Gasteiger partial charge in [-0.25, -0.2) is 9.69 Å². The van der Waals surface area contributed by atoms with Crippen molar-refractivity contribution in [3.05, 3.63) is 93.4 Å². The standard InChI is InChI=1S/C30H29ClN4O5/c1-40-24-10-8-19(9-11-24)14-30(27(37)32-29(39)35(28(30)38)23-5-2-4-22(31)13-23)18-33-15-20-12-21(17-33)25-6-3-7-26(36)34(25)16-20/h2-11,13,20-21H,12,14-18H2,1H3,(H,32,37,39)/t20-,21-,30-/m0/s1. The highest BCUT2D eigenvalue weighted by molar-refractivity contribution is 6.32. The number of rotatable bonds is 6. The number of nitrogens with one attached hydrogen (secondary N) is 1. The molecule has 2 bridgehead atoms. The molecule has 4 heterocycles. The van der Waals surface area contributed by atoms with E-state index in [9.17, 15) is 19.2 Å². The third kappa shape index (κ3) is 4.59. The SMILES string of the molecule is COc1ccc(C[C@]2(CN3C[C@@H]4C[C@@H](C3)c3cccc(=O)n3C4)C(=O)NC(=O)N(c3cccc(Cl)c3)C2=O)cc1. The number of hydrogen-bond acceptors (Lipinski definition) is 6. The zero-order valence-electron chi connectivity index (χ0n) is 22.0. The summed E-state index contributed by atoms with van der Waals surface area (Å²) in [5, 5.41) is 2.83. The van der Waals surface area contributed by atoms with Crippen LogP contribution in [0.15, 0.2) is 71.5 Å². The third-order valence-electron chi connectivity index (χ3n) is 8.25. The second-order valence-corrected chi connectivity index (χ2v) is 11.3. The van der Waals surface area contributed by atoms with Gasteiger partial charge in [-0.1, -0.05) is 35.9 Å². The molecule has 6 rings (SSSR count). The van der Waals surface area contributed by atoms with E-state index in [1.807, 2.05) is 22.8 Å². The van der Waals surface area contributed by atoms with Gasteiger partial charge in [0.2, 0.25) is 5.91 Å². The highest BCUT2D eigenvalue weighted by Gasteiger charge is 2.55. The van der Waals surface area contributed by atoms with Crippen molar-refractivity contribution in [2.45, 2.75) is 25.3 Å². The van der Waals surface area contributed by atoms with Gasteiger partial charge in [0, 0.05) is 48.9 Å². The number of ether oxygens (including phenoxy) is 1. The number of likely N-dealkylation sites (tertiary alicyclic amines) is 1. The van der Waals surface area contributed by atoms with Gasteiger partial charge in [0.1, 0.15) is 11.2 Å². The number of aromatic nitrogens is 1. The smallest absolute Gasteiger partial charge is 0.335 e. The number of urea groups is 1. The largest absolute Gasteiger partial charge is 0.497 e. The predicted molar refractivity (Wildman–Crippen MR) is 150 cm³/mol. The average Bonchev–Trinajstić information content (AvgIpc) is 2.93. The van der Waals surface area contributed by atoms with Crippen LogP contribution in [0.25, 0.3) is 0 Å². The lowest BCUT2D eigenvalue weighted by Gasteiger charge is -2.47. The monoisotopic (exact) mass is 560 g/mol. The summed E-state index contributed by atoms with van der Waals surface area (Å²) in [6.45, 7) is 1.95. The van der Waals surface area contributed by atoms with E-state index < -0.39 is 23.3 Å². The van der Waals surface area contributed by atoms with Crippen molar-refractivity contribution in [2.24, 2.45) is 11.3 Å². The van der Waals surface area contributed by atoms with Gasteiger partial charge < -0.3 is 14.2 Å². The highest BCUT2D eigenvalue weighted by Crippen LogP contribution is 2.39. The van der Waals surface area contributed by atoms with E-state index in [4.69, 9.17) is 16.3 Å². The van der Waals surface area contributed by atoms with Crippen LogP contribution in [0, 0.1) is 11.3 Å². The van der Waals surface area contributed by atoms with Crippen LogP contribution in [0.2, 0.25) is 5.02 Å². The molecule has 3 aromatic rings. The second kappa shape index (κ2) is 10.2. The Labute approximate surface area is 236 Å². The quantitative estimate of drug-likeness (QED) is 0.464. The van der Waals surface area contributed by atoms with Crippen LogP contribution in [-0.2, 0) is 22.6 Å². The molecule has 0 aliphatic carbocycles.